The summed E-state index contributed by atoms with van der Waals surface area (Å²) in [6, 6.07) is 3.52. The van der Waals surface area contributed by atoms with Crippen LogP contribution in [0.25, 0.3) is 0 Å². The van der Waals surface area contributed by atoms with Crippen molar-refractivity contribution in [2.45, 2.75) is 19.8 Å². The smallest absolute Gasteiger partial charge is 0.303 e. The van der Waals surface area contributed by atoms with Gasteiger partial charge in [-0.05, 0) is 24.5 Å². The predicted octanol–water partition coefficient (Wildman–Crippen LogP) is 1.73. The highest BCUT2D eigenvalue weighted by atomic mass is 16.5. The van der Waals surface area contributed by atoms with Crippen LogP contribution in [-0.2, 0) is 11.2 Å². The SMILES string of the molecule is COc1c(C)ccc(CCC(=O)O)c1O. The molecule has 0 fully saturated rings. The Morgan fingerprint density at radius 3 is 2.67 bits per heavy atom. The molecule has 0 atom stereocenters. The van der Waals surface area contributed by atoms with Gasteiger partial charge < -0.3 is 14.9 Å². The molecule has 0 aliphatic rings. The lowest BCUT2D eigenvalue weighted by atomic mass is 10.1. The molecule has 82 valence electrons. The van der Waals surface area contributed by atoms with Crippen molar-refractivity contribution in [2.24, 2.45) is 0 Å². The number of benzene rings is 1. The first-order valence-corrected chi connectivity index (χ1v) is 4.63. The van der Waals surface area contributed by atoms with Crippen LogP contribution in [0.3, 0.4) is 0 Å². The summed E-state index contributed by atoms with van der Waals surface area (Å²) in [4.78, 5) is 10.4. The molecule has 0 radical (unpaired) electrons. The molecule has 0 aliphatic carbocycles. The maximum absolute atomic E-state index is 10.4. The summed E-state index contributed by atoms with van der Waals surface area (Å²) < 4.78 is 5.03. The maximum atomic E-state index is 10.4. The molecule has 0 heterocycles. The lowest BCUT2D eigenvalue weighted by Gasteiger charge is -2.10. The molecular weight excluding hydrogens is 196 g/mol. The number of aromatic hydroxyl groups is 1. The molecule has 0 saturated carbocycles. The van der Waals surface area contributed by atoms with Gasteiger partial charge in [-0.3, -0.25) is 4.79 Å². The minimum atomic E-state index is -0.881. The van der Waals surface area contributed by atoms with Gasteiger partial charge >= 0.3 is 5.97 Å². The van der Waals surface area contributed by atoms with Crippen LogP contribution in [-0.4, -0.2) is 23.3 Å². The largest absolute Gasteiger partial charge is 0.504 e. The van der Waals surface area contributed by atoms with Gasteiger partial charge in [-0.25, -0.2) is 0 Å². The standard InChI is InChI=1S/C11H14O4/c1-7-3-4-8(5-6-9(12)13)10(14)11(7)15-2/h3-4,14H,5-6H2,1-2H3,(H,12,13). The topological polar surface area (TPSA) is 66.8 Å². The Hall–Kier alpha value is -1.71. The lowest BCUT2D eigenvalue weighted by molar-refractivity contribution is -0.136. The van der Waals surface area contributed by atoms with Crippen molar-refractivity contribution in [2.75, 3.05) is 7.11 Å². The number of hydrogen-bond donors (Lipinski definition) is 2. The molecule has 1 rings (SSSR count). The van der Waals surface area contributed by atoms with E-state index in [0.29, 0.717) is 17.7 Å². The monoisotopic (exact) mass is 210 g/mol. The van der Waals surface area contributed by atoms with E-state index in [0.717, 1.165) is 5.56 Å². The Labute approximate surface area is 88.1 Å². The van der Waals surface area contributed by atoms with Crippen LogP contribution >= 0.6 is 0 Å². The van der Waals surface area contributed by atoms with Crippen LogP contribution in [0.4, 0.5) is 0 Å². The Bertz CT molecular complexity index is 371. The van der Waals surface area contributed by atoms with E-state index in [-0.39, 0.29) is 12.2 Å². The third-order valence-corrected chi connectivity index (χ3v) is 2.22. The number of carboxylic acids is 1. The quantitative estimate of drug-likeness (QED) is 0.794. The number of hydrogen-bond acceptors (Lipinski definition) is 3. The van der Waals surface area contributed by atoms with Crippen molar-refractivity contribution >= 4 is 5.97 Å². The molecule has 0 aliphatic heterocycles. The zero-order chi connectivity index (χ0) is 11.4. The molecule has 1 aromatic rings. The van der Waals surface area contributed by atoms with E-state index in [2.05, 4.69) is 0 Å². The number of carbonyl (C=O) groups is 1. The summed E-state index contributed by atoms with van der Waals surface area (Å²) in [5.41, 5.74) is 1.42. The first-order valence-electron chi connectivity index (χ1n) is 4.63. The minimum absolute atomic E-state index is 0.000223. The fraction of sp³-hybridized carbons (Fsp3) is 0.364. The second kappa shape index (κ2) is 4.68. The third kappa shape index (κ3) is 2.62. The summed E-state index contributed by atoms with van der Waals surface area (Å²) in [6.45, 7) is 1.82. The lowest BCUT2D eigenvalue weighted by Crippen LogP contribution is -1.99. The van der Waals surface area contributed by atoms with E-state index in [4.69, 9.17) is 9.84 Å². The minimum Gasteiger partial charge on any atom is -0.504 e. The van der Waals surface area contributed by atoms with Gasteiger partial charge in [-0.15, -0.1) is 0 Å². The second-order valence-corrected chi connectivity index (χ2v) is 3.32. The number of phenols is 1. The molecule has 0 aromatic heterocycles. The molecule has 2 N–H and O–H groups in total. The maximum Gasteiger partial charge on any atom is 0.303 e. The van der Waals surface area contributed by atoms with E-state index in [9.17, 15) is 9.90 Å². The van der Waals surface area contributed by atoms with Crippen LogP contribution in [0.1, 0.15) is 17.5 Å². The van der Waals surface area contributed by atoms with E-state index in [1.807, 2.05) is 6.92 Å². The second-order valence-electron chi connectivity index (χ2n) is 3.32. The Kier molecular flexibility index (Phi) is 3.55. The molecule has 4 nitrogen and oxygen atoms in total. The Morgan fingerprint density at radius 2 is 2.13 bits per heavy atom. The third-order valence-electron chi connectivity index (χ3n) is 2.22. The fourth-order valence-corrected chi connectivity index (χ4v) is 1.41. The number of methoxy groups -OCH3 is 1. The average Bonchev–Trinajstić information content (AvgIpc) is 2.17. The number of ether oxygens (including phenoxy) is 1. The van der Waals surface area contributed by atoms with Gasteiger partial charge in [-0.1, -0.05) is 12.1 Å². The van der Waals surface area contributed by atoms with E-state index in [1.54, 1.807) is 12.1 Å². The van der Waals surface area contributed by atoms with E-state index < -0.39 is 5.97 Å². The number of carboxylic acid groups (broad SMARTS) is 1. The summed E-state index contributed by atoms with van der Waals surface area (Å²) >= 11 is 0. The highest BCUT2D eigenvalue weighted by Gasteiger charge is 2.11. The summed E-state index contributed by atoms with van der Waals surface area (Å²) in [5.74, 6) is -0.425. The normalized spacial score (nSPS) is 10.0. The van der Waals surface area contributed by atoms with Crippen molar-refractivity contribution in [1.82, 2.24) is 0 Å². The van der Waals surface area contributed by atoms with Crippen LogP contribution < -0.4 is 4.74 Å². The number of phenolic OH excluding ortho intramolecular Hbond substituents is 1. The molecule has 0 unspecified atom stereocenters. The highest BCUT2D eigenvalue weighted by Crippen LogP contribution is 2.33. The van der Waals surface area contributed by atoms with Crippen molar-refractivity contribution in [3.63, 3.8) is 0 Å². The molecule has 1 aromatic carbocycles. The first kappa shape index (κ1) is 11.4. The zero-order valence-electron chi connectivity index (χ0n) is 8.78. The molecular formula is C11H14O4. The fourth-order valence-electron chi connectivity index (χ4n) is 1.41. The van der Waals surface area contributed by atoms with Crippen molar-refractivity contribution in [1.29, 1.82) is 0 Å². The first-order chi connectivity index (χ1) is 7.06. The average molecular weight is 210 g/mol. The highest BCUT2D eigenvalue weighted by molar-refractivity contribution is 5.67. The number of aryl methyl sites for hydroxylation is 2. The predicted molar refractivity (Wildman–Crippen MR) is 55.4 cm³/mol. The summed E-state index contributed by atoms with van der Waals surface area (Å²) in [6.07, 6.45) is 0.303. The van der Waals surface area contributed by atoms with Crippen molar-refractivity contribution in [3.05, 3.63) is 23.3 Å². The van der Waals surface area contributed by atoms with Gasteiger partial charge in [0, 0.05) is 6.42 Å². The van der Waals surface area contributed by atoms with E-state index in [1.165, 1.54) is 7.11 Å². The van der Waals surface area contributed by atoms with E-state index >= 15 is 0 Å². The summed E-state index contributed by atoms with van der Waals surface area (Å²) in [7, 11) is 1.48. The Morgan fingerprint density at radius 1 is 1.47 bits per heavy atom. The molecule has 15 heavy (non-hydrogen) atoms. The van der Waals surface area contributed by atoms with Gasteiger partial charge in [0.05, 0.1) is 7.11 Å². The van der Waals surface area contributed by atoms with Crippen molar-refractivity contribution in [3.8, 4) is 11.5 Å². The zero-order valence-corrected chi connectivity index (χ0v) is 8.78. The van der Waals surface area contributed by atoms with Gasteiger partial charge in [0.15, 0.2) is 11.5 Å². The molecule has 0 saturated heterocycles. The number of rotatable bonds is 4. The van der Waals surface area contributed by atoms with Gasteiger partial charge in [-0.2, -0.15) is 0 Å². The van der Waals surface area contributed by atoms with Crippen LogP contribution in [0.15, 0.2) is 12.1 Å². The molecule has 0 bridgehead atoms. The molecule has 0 amide bonds. The van der Waals surface area contributed by atoms with Gasteiger partial charge in [0.25, 0.3) is 0 Å². The molecule has 0 spiro atoms. The van der Waals surface area contributed by atoms with Gasteiger partial charge in [0.1, 0.15) is 0 Å². The van der Waals surface area contributed by atoms with Crippen LogP contribution in [0, 0.1) is 6.92 Å². The van der Waals surface area contributed by atoms with Gasteiger partial charge in [0.2, 0.25) is 0 Å². The molecule has 4 heteroatoms. The summed E-state index contributed by atoms with van der Waals surface area (Å²) in [5, 5.41) is 18.3. The van der Waals surface area contributed by atoms with Crippen LogP contribution in [0.2, 0.25) is 0 Å². The van der Waals surface area contributed by atoms with Crippen molar-refractivity contribution < 1.29 is 19.7 Å². The number of aliphatic carboxylic acids is 1. The van der Waals surface area contributed by atoms with Crippen LogP contribution in [0.5, 0.6) is 11.5 Å². The Balaban J connectivity index is 2.94.